The van der Waals surface area contributed by atoms with Crippen molar-refractivity contribution in [2.75, 3.05) is 21.2 Å². The first-order chi connectivity index (χ1) is 27.0. The molecule has 4 atom stereocenters. The number of rotatable bonds is 12. The molecule has 0 fully saturated rings. The molecule has 0 bridgehead atoms. The van der Waals surface area contributed by atoms with E-state index in [2.05, 4.69) is 25.9 Å². The molecule has 0 unspecified atom stereocenters. The number of nitrogens with zero attached hydrogens (tertiary/aromatic N) is 2. The van der Waals surface area contributed by atoms with E-state index in [1.165, 1.54) is 0 Å². The van der Waals surface area contributed by atoms with Crippen molar-refractivity contribution in [3.63, 3.8) is 0 Å². The minimum absolute atomic E-state index is 0.0155. The molecule has 1 N–H and O–H groups in total. The summed E-state index contributed by atoms with van der Waals surface area (Å²) in [6, 6.07) is 20.3. The second-order valence-electron chi connectivity index (χ2n) is 17.4. The average molecular weight is 795 g/mol. The van der Waals surface area contributed by atoms with Gasteiger partial charge >= 0.3 is 0 Å². The summed E-state index contributed by atoms with van der Waals surface area (Å²) in [5.74, 6) is -0.986. The van der Waals surface area contributed by atoms with E-state index in [-0.39, 0.29) is 52.7 Å². The van der Waals surface area contributed by atoms with Gasteiger partial charge < -0.3 is 33.0 Å². The Morgan fingerprint density at radius 1 is 0.947 bits per heavy atom. The third-order valence-corrected chi connectivity index (χ3v) is 16.5. The van der Waals surface area contributed by atoms with Crippen LogP contribution in [0.4, 0.5) is 0 Å². The van der Waals surface area contributed by atoms with Crippen LogP contribution in [-0.2, 0) is 24.1 Å². The predicted molar refractivity (Wildman–Crippen MR) is 218 cm³/mol. The van der Waals surface area contributed by atoms with Crippen molar-refractivity contribution in [3.8, 4) is 23.1 Å². The van der Waals surface area contributed by atoms with Crippen LogP contribution in [0.15, 0.2) is 82.6 Å². The number of carbonyl (C=O) groups excluding carboxylic acids is 2. The number of hydrogen-bond acceptors (Lipinski definition) is 11. The van der Waals surface area contributed by atoms with Crippen LogP contribution in [0.5, 0.6) is 23.1 Å². The summed E-state index contributed by atoms with van der Waals surface area (Å²) in [4.78, 5) is 32.9. The van der Waals surface area contributed by atoms with Gasteiger partial charge in [-0.25, -0.2) is 0 Å². The number of aliphatic hydroxyl groups is 1. The molecule has 4 aromatic rings. The minimum Gasteiger partial charge on any atom is -0.508 e. The number of carbonyl (C=O) groups is 2. The number of aliphatic hydroxyl groups excluding tert-OH is 1. The van der Waals surface area contributed by atoms with Gasteiger partial charge in [0, 0.05) is 23.1 Å². The van der Waals surface area contributed by atoms with Gasteiger partial charge in [0.2, 0.25) is 5.78 Å². The molecule has 302 valence electrons. The Kier molecular flexibility index (Phi) is 10.7. The van der Waals surface area contributed by atoms with Gasteiger partial charge in [-0.3, -0.25) is 14.5 Å². The molecular formula is C45H54N2O9Si. The highest BCUT2D eigenvalue weighted by atomic mass is 28.4. The molecule has 0 aliphatic heterocycles. The number of Topliss-reactive ketones (excluding diaryl/α,β-unsaturated/α-hetero) is 2. The second-order valence-corrected chi connectivity index (χ2v) is 22.1. The molecule has 1 heterocycles. The van der Waals surface area contributed by atoms with E-state index in [0.717, 1.165) is 11.1 Å². The normalized spacial score (nSPS) is 21.9. The average Bonchev–Trinajstić information content (AvgIpc) is 3.58. The zero-order valence-electron chi connectivity index (χ0n) is 34.6. The molecule has 0 amide bonds. The molecule has 3 aliphatic carbocycles. The van der Waals surface area contributed by atoms with Crippen molar-refractivity contribution in [2.45, 2.75) is 96.6 Å². The molecular weight excluding hydrogens is 741 g/mol. The molecule has 12 heteroatoms. The van der Waals surface area contributed by atoms with Crippen molar-refractivity contribution < 1.29 is 42.6 Å². The molecule has 7 rings (SSSR count). The van der Waals surface area contributed by atoms with Gasteiger partial charge in [0.05, 0.1) is 24.8 Å². The Morgan fingerprint density at radius 2 is 1.56 bits per heavy atom. The molecule has 0 radical (unpaired) electrons. The lowest BCUT2D eigenvalue weighted by molar-refractivity contribution is -0.0481. The van der Waals surface area contributed by atoms with Crippen molar-refractivity contribution in [2.24, 2.45) is 11.8 Å². The van der Waals surface area contributed by atoms with Crippen LogP contribution in [0, 0.1) is 11.8 Å². The van der Waals surface area contributed by atoms with Gasteiger partial charge in [-0.05, 0) is 81.1 Å². The zero-order chi connectivity index (χ0) is 41.0. The van der Waals surface area contributed by atoms with Crippen LogP contribution in [0.3, 0.4) is 0 Å². The largest absolute Gasteiger partial charge is 0.508 e. The first-order valence-electron chi connectivity index (χ1n) is 19.6. The maximum Gasteiger partial charge on any atom is 0.265 e. The van der Waals surface area contributed by atoms with Crippen LogP contribution in [-0.4, -0.2) is 68.0 Å². The van der Waals surface area contributed by atoms with Gasteiger partial charge in [0.1, 0.15) is 30.3 Å². The fourth-order valence-electron chi connectivity index (χ4n) is 8.33. The van der Waals surface area contributed by atoms with Crippen molar-refractivity contribution in [1.82, 2.24) is 10.1 Å². The Morgan fingerprint density at radius 3 is 2.12 bits per heavy atom. The summed E-state index contributed by atoms with van der Waals surface area (Å²) in [6.07, 6.45) is 0.401. The van der Waals surface area contributed by atoms with Crippen LogP contribution in [0.25, 0.3) is 0 Å². The summed E-state index contributed by atoms with van der Waals surface area (Å²) in [5.41, 5.74) is 0.997. The standard InChI is InChI=1S/C45H54N2O9Si/c1-26(2)54-39-30-21-29-22-31-37(47(6)7)40-36(43(46-55-40)53-25-28-19-15-12-16-20-28)42(50)45(31,56-57(9,10)44(3,4)5)41(49)34(29)38(48)35(30)32(23-33(39)51-8)52-24-27-17-13-11-14-18-27/h11-20,23,26,29,31,37,49H,21-22,24-25H2,1-10H3/t29-,31-,37-,45-/m0/s1. The lowest BCUT2D eigenvalue weighted by Gasteiger charge is -2.55. The number of hydrogen-bond donors (Lipinski definition) is 1. The SMILES string of the molecule is COc1cc(OCc2ccccc2)c2c(c1OC(C)C)C[C@H]1C[C@H]3[C@H](N(C)C)c4onc(OCc5ccccc5)c4C(=O)[C@@]3(O[Si](C)(C)C(C)(C)C)C(O)=C1C2=O. The van der Waals surface area contributed by atoms with Gasteiger partial charge in [-0.1, -0.05) is 81.4 Å². The Bertz CT molecular complexity index is 2190. The smallest absolute Gasteiger partial charge is 0.265 e. The molecule has 0 saturated carbocycles. The number of benzene rings is 3. The maximum absolute atomic E-state index is 15.6. The lowest BCUT2D eigenvalue weighted by Crippen LogP contribution is -2.65. The first kappa shape index (κ1) is 40.3. The minimum atomic E-state index is -2.90. The zero-order valence-corrected chi connectivity index (χ0v) is 35.6. The Hall–Kier alpha value is -4.91. The summed E-state index contributed by atoms with van der Waals surface area (Å²) >= 11 is 0. The fraction of sp³-hybridized carbons (Fsp3) is 0.444. The van der Waals surface area contributed by atoms with Crippen molar-refractivity contribution in [3.05, 3.63) is 112 Å². The number of methoxy groups -OCH3 is 1. The molecule has 0 saturated heterocycles. The first-order valence-corrected chi connectivity index (χ1v) is 22.5. The molecule has 57 heavy (non-hydrogen) atoms. The van der Waals surface area contributed by atoms with Crippen molar-refractivity contribution >= 4 is 19.9 Å². The molecule has 3 aromatic carbocycles. The summed E-state index contributed by atoms with van der Waals surface area (Å²) in [6.45, 7) is 14.5. The number of ether oxygens (including phenoxy) is 4. The van der Waals surface area contributed by atoms with E-state index < -0.39 is 43.4 Å². The summed E-state index contributed by atoms with van der Waals surface area (Å²) in [5, 5.41) is 17.0. The van der Waals surface area contributed by atoms with Crippen LogP contribution in [0.1, 0.15) is 90.2 Å². The molecule has 0 spiro atoms. The number of aromatic nitrogens is 1. The fourth-order valence-corrected chi connectivity index (χ4v) is 9.79. The topological polar surface area (TPSA) is 130 Å². The third-order valence-electron chi connectivity index (χ3n) is 12.0. The number of allylic oxidation sites excluding steroid dienone is 1. The molecule has 3 aliphatic rings. The summed E-state index contributed by atoms with van der Waals surface area (Å²) < 4.78 is 38.2. The second kappa shape index (κ2) is 15.1. The van der Waals surface area contributed by atoms with Gasteiger partial charge in [-0.15, -0.1) is 0 Å². The Labute approximate surface area is 336 Å². The van der Waals surface area contributed by atoms with Crippen molar-refractivity contribution in [1.29, 1.82) is 0 Å². The lowest BCUT2D eigenvalue weighted by atomic mass is 9.58. The summed E-state index contributed by atoms with van der Waals surface area (Å²) in [7, 11) is 2.48. The van der Waals surface area contributed by atoms with E-state index in [0.29, 0.717) is 41.4 Å². The van der Waals surface area contributed by atoms with E-state index in [9.17, 15) is 5.11 Å². The van der Waals surface area contributed by atoms with Crippen LogP contribution < -0.4 is 18.9 Å². The van der Waals surface area contributed by atoms with Crippen LogP contribution >= 0.6 is 0 Å². The van der Waals surface area contributed by atoms with Gasteiger partial charge in [-0.2, -0.15) is 0 Å². The molecule has 1 aromatic heterocycles. The Balaban J connectivity index is 1.44. The van der Waals surface area contributed by atoms with Crippen LogP contribution in [0.2, 0.25) is 18.1 Å². The maximum atomic E-state index is 15.6. The number of ketones is 2. The van der Waals surface area contributed by atoms with E-state index in [1.807, 2.05) is 107 Å². The number of fused-ring (bicyclic) bond motifs is 4. The monoisotopic (exact) mass is 794 g/mol. The highest BCUT2D eigenvalue weighted by Crippen LogP contribution is 2.60. The predicted octanol–water partition coefficient (Wildman–Crippen LogP) is 9.08. The quantitative estimate of drug-likeness (QED) is 0.138. The van der Waals surface area contributed by atoms with Gasteiger partial charge in [0.15, 0.2) is 37.0 Å². The highest BCUT2D eigenvalue weighted by Gasteiger charge is 2.67. The van der Waals surface area contributed by atoms with E-state index in [4.69, 9.17) is 27.9 Å². The van der Waals surface area contributed by atoms with Gasteiger partial charge in [0.25, 0.3) is 5.88 Å². The highest BCUT2D eigenvalue weighted by molar-refractivity contribution is 6.74. The van der Waals surface area contributed by atoms with E-state index in [1.54, 1.807) is 13.2 Å². The molecule has 11 nitrogen and oxygen atoms in total. The third kappa shape index (κ3) is 6.95. The van der Waals surface area contributed by atoms with E-state index >= 15 is 9.59 Å².